The quantitative estimate of drug-likeness (QED) is 0.813. The van der Waals surface area contributed by atoms with Crippen LogP contribution in [0.2, 0.25) is 0 Å². The molecule has 1 rings (SSSR count). The summed E-state index contributed by atoms with van der Waals surface area (Å²) in [6, 6.07) is 2.16. The molecule has 3 heteroatoms. The lowest BCUT2D eigenvalue weighted by Gasteiger charge is -2.01. The maximum absolute atomic E-state index is 8.61. The minimum Gasteiger partial charge on any atom is -0.395 e. The molecular formula is C13H18OS2. The van der Waals surface area contributed by atoms with Crippen molar-refractivity contribution in [3.05, 3.63) is 21.9 Å². The predicted octanol–water partition coefficient (Wildman–Crippen LogP) is 3.37. The molecule has 0 atom stereocenters. The molecule has 0 unspecified atom stereocenters. The Balaban J connectivity index is 2.37. The summed E-state index contributed by atoms with van der Waals surface area (Å²) in [5.74, 6) is 9.05. The van der Waals surface area contributed by atoms with E-state index in [0.717, 1.165) is 17.2 Å². The Hall–Kier alpha value is -0.430. The number of thiophene rings is 1. The zero-order chi connectivity index (χ0) is 11.8. The number of thioether (sulfide) groups is 1. The van der Waals surface area contributed by atoms with Crippen molar-refractivity contribution >= 4 is 23.1 Å². The van der Waals surface area contributed by atoms with Gasteiger partial charge in [0.1, 0.15) is 0 Å². The van der Waals surface area contributed by atoms with Crippen LogP contribution in [0.3, 0.4) is 0 Å². The second kappa shape index (κ2) is 7.78. The molecule has 0 aromatic carbocycles. The van der Waals surface area contributed by atoms with Crippen LogP contribution in [0.5, 0.6) is 0 Å². The summed E-state index contributed by atoms with van der Waals surface area (Å²) in [5.41, 5.74) is 1.08. The van der Waals surface area contributed by atoms with Gasteiger partial charge in [-0.15, -0.1) is 11.3 Å². The standard InChI is InChI=1S/C13H18OS2/c1-11(2)8-15-10-13-7-12(9-16-13)5-3-4-6-14/h7,9,11,14H,4,6,8,10H2,1-2H3. The predicted molar refractivity (Wildman–Crippen MR) is 73.9 cm³/mol. The van der Waals surface area contributed by atoms with E-state index in [1.54, 1.807) is 11.3 Å². The monoisotopic (exact) mass is 254 g/mol. The largest absolute Gasteiger partial charge is 0.395 e. The first-order valence-electron chi connectivity index (χ1n) is 5.47. The lowest BCUT2D eigenvalue weighted by Crippen LogP contribution is -1.90. The molecule has 1 aromatic rings. The molecule has 0 aliphatic carbocycles. The Morgan fingerprint density at radius 1 is 1.50 bits per heavy atom. The first-order chi connectivity index (χ1) is 7.72. The molecular weight excluding hydrogens is 236 g/mol. The average molecular weight is 254 g/mol. The van der Waals surface area contributed by atoms with Crippen LogP contribution in [0.15, 0.2) is 11.4 Å². The molecule has 0 radical (unpaired) electrons. The van der Waals surface area contributed by atoms with Crippen molar-refractivity contribution < 1.29 is 5.11 Å². The Morgan fingerprint density at radius 3 is 3.00 bits per heavy atom. The summed E-state index contributed by atoms with van der Waals surface area (Å²) < 4.78 is 0. The fraction of sp³-hybridized carbons (Fsp3) is 0.538. The Labute approximate surface area is 106 Å². The fourth-order valence-corrected chi connectivity index (χ4v) is 3.13. The topological polar surface area (TPSA) is 20.2 Å². The SMILES string of the molecule is CC(C)CSCc1cc(C#CCCO)cs1. The summed E-state index contributed by atoms with van der Waals surface area (Å²) >= 11 is 3.75. The highest BCUT2D eigenvalue weighted by Gasteiger charge is 1.99. The van der Waals surface area contributed by atoms with Crippen LogP contribution in [0.4, 0.5) is 0 Å². The molecule has 1 nitrogen and oxygen atoms in total. The van der Waals surface area contributed by atoms with Crippen LogP contribution in [-0.2, 0) is 5.75 Å². The van der Waals surface area contributed by atoms with Gasteiger partial charge in [-0.3, -0.25) is 0 Å². The Bertz CT molecular complexity index is 357. The normalized spacial score (nSPS) is 10.2. The summed E-state index contributed by atoms with van der Waals surface area (Å²) in [4.78, 5) is 1.39. The molecule has 16 heavy (non-hydrogen) atoms. The molecule has 0 saturated carbocycles. The van der Waals surface area contributed by atoms with Gasteiger partial charge >= 0.3 is 0 Å². The average Bonchev–Trinajstić information content (AvgIpc) is 2.66. The lowest BCUT2D eigenvalue weighted by atomic mass is 10.3. The third-order valence-electron chi connectivity index (χ3n) is 1.82. The molecule has 1 aromatic heterocycles. The van der Waals surface area contributed by atoms with Gasteiger partial charge in [0.2, 0.25) is 0 Å². The number of aliphatic hydroxyl groups excluding tert-OH is 1. The Morgan fingerprint density at radius 2 is 2.31 bits per heavy atom. The summed E-state index contributed by atoms with van der Waals surface area (Å²) in [6.45, 7) is 4.63. The molecule has 0 aliphatic heterocycles. The van der Waals surface area contributed by atoms with Crippen LogP contribution in [0.25, 0.3) is 0 Å². The third-order valence-corrected chi connectivity index (χ3v) is 4.36. The maximum atomic E-state index is 8.61. The molecule has 0 aliphatic rings. The first-order valence-corrected chi connectivity index (χ1v) is 7.50. The van der Waals surface area contributed by atoms with Crippen LogP contribution in [0.1, 0.15) is 30.7 Å². The highest BCUT2D eigenvalue weighted by molar-refractivity contribution is 7.98. The number of aliphatic hydroxyl groups is 1. The zero-order valence-electron chi connectivity index (χ0n) is 9.82. The molecule has 0 fully saturated rings. The van der Waals surface area contributed by atoms with Gasteiger partial charge in [-0.25, -0.2) is 0 Å². The van der Waals surface area contributed by atoms with Crippen molar-refractivity contribution in [2.45, 2.75) is 26.0 Å². The van der Waals surface area contributed by atoms with E-state index in [-0.39, 0.29) is 6.61 Å². The molecule has 1 heterocycles. The van der Waals surface area contributed by atoms with E-state index in [1.165, 1.54) is 10.6 Å². The van der Waals surface area contributed by atoms with Crippen molar-refractivity contribution in [2.75, 3.05) is 12.4 Å². The minimum absolute atomic E-state index is 0.147. The molecule has 0 amide bonds. The fourth-order valence-electron chi connectivity index (χ4n) is 1.14. The van der Waals surface area contributed by atoms with E-state index in [9.17, 15) is 0 Å². The van der Waals surface area contributed by atoms with Gasteiger partial charge < -0.3 is 5.11 Å². The van der Waals surface area contributed by atoms with Gasteiger partial charge in [0.05, 0.1) is 6.61 Å². The van der Waals surface area contributed by atoms with Crippen molar-refractivity contribution in [3.8, 4) is 11.8 Å². The van der Waals surface area contributed by atoms with Crippen LogP contribution in [-0.4, -0.2) is 17.5 Å². The number of hydrogen-bond acceptors (Lipinski definition) is 3. The van der Waals surface area contributed by atoms with Crippen LogP contribution < -0.4 is 0 Å². The third kappa shape index (κ3) is 5.60. The van der Waals surface area contributed by atoms with E-state index >= 15 is 0 Å². The molecule has 0 spiro atoms. The van der Waals surface area contributed by atoms with Gasteiger partial charge in [-0.2, -0.15) is 11.8 Å². The molecule has 88 valence electrons. The van der Waals surface area contributed by atoms with Gasteiger partial charge in [-0.05, 0) is 17.7 Å². The second-order valence-electron chi connectivity index (χ2n) is 3.99. The van der Waals surface area contributed by atoms with Gasteiger partial charge in [0.25, 0.3) is 0 Å². The smallest absolute Gasteiger partial charge is 0.0540 e. The van der Waals surface area contributed by atoms with E-state index in [2.05, 4.69) is 37.1 Å². The molecule has 0 saturated heterocycles. The van der Waals surface area contributed by atoms with E-state index in [1.807, 2.05) is 11.8 Å². The van der Waals surface area contributed by atoms with Crippen molar-refractivity contribution in [2.24, 2.45) is 5.92 Å². The maximum Gasteiger partial charge on any atom is 0.0540 e. The van der Waals surface area contributed by atoms with E-state index < -0.39 is 0 Å². The van der Waals surface area contributed by atoms with Crippen molar-refractivity contribution in [1.82, 2.24) is 0 Å². The van der Waals surface area contributed by atoms with Gasteiger partial charge in [0.15, 0.2) is 0 Å². The van der Waals surface area contributed by atoms with Gasteiger partial charge in [0, 0.05) is 28.0 Å². The lowest BCUT2D eigenvalue weighted by molar-refractivity contribution is 0.305. The van der Waals surface area contributed by atoms with Crippen LogP contribution in [0, 0.1) is 17.8 Å². The van der Waals surface area contributed by atoms with Crippen molar-refractivity contribution in [3.63, 3.8) is 0 Å². The van der Waals surface area contributed by atoms with E-state index in [0.29, 0.717) is 6.42 Å². The molecule has 0 bridgehead atoms. The van der Waals surface area contributed by atoms with Crippen molar-refractivity contribution in [1.29, 1.82) is 0 Å². The Kier molecular flexibility index (Phi) is 6.63. The number of hydrogen-bond donors (Lipinski definition) is 1. The highest BCUT2D eigenvalue weighted by Crippen LogP contribution is 2.21. The van der Waals surface area contributed by atoms with Crippen LogP contribution >= 0.6 is 23.1 Å². The van der Waals surface area contributed by atoms with E-state index in [4.69, 9.17) is 5.11 Å². The highest BCUT2D eigenvalue weighted by atomic mass is 32.2. The summed E-state index contributed by atoms with van der Waals surface area (Å²) in [7, 11) is 0. The number of rotatable bonds is 5. The second-order valence-corrected chi connectivity index (χ2v) is 6.01. The minimum atomic E-state index is 0.147. The molecule has 1 N–H and O–H groups in total. The summed E-state index contributed by atoms with van der Waals surface area (Å²) in [5, 5.41) is 10.7. The zero-order valence-corrected chi connectivity index (χ0v) is 11.5. The summed E-state index contributed by atoms with van der Waals surface area (Å²) in [6.07, 6.45) is 0.563. The van der Waals surface area contributed by atoms with Gasteiger partial charge in [-0.1, -0.05) is 25.7 Å². The first kappa shape index (κ1) is 13.6.